The number of hydrogen-bond donors (Lipinski definition) is 0. The van der Waals surface area contributed by atoms with Crippen LogP contribution in [0.2, 0.25) is 0 Å². The van der Waals surface area contributed by atoms with Gasteiger partial charge in [-0.05, 0) is 96.5 Å². The number of aldehydes is 1. The lowest BCUT2D eigenvalue weighted by molar-refractivity contribution is -0.104. The monoisotopic (exact) mass is 426 g/mol. The van der Waals surface area contributed by atoms with E-state index in [4.69, 9.17) is 0 Å². The largest absolute Gasteiger partial charge is 0.299 e. The lowest BCUT2D eigenvalue weighted by Gasteiger charge is -2.57. The van der Waals surface area contributed by atoms with Gasteiger partial charge in [0.2, 0.25) is 0 Å². The molecular weight excluding hydrogens is 376 g/mol. The van der Waals surface area contributed by atoms with Gasteiger partial charge in [0.25, 0.3) is 0 Å². The van der Waals surface area contributed by atoms with Crippen LogP contribution in [0.15, 0.2) is 23.3 Å². The van der Waals surface area contributed by atoms with Crippen LogP contribution in [0.3, 0.4) is 0 Å². The van der Waals surface area contributed by atoms with Gasteiger partial charge in [-0.25, -0.2) is 0 Å². The molecule has 7 unspecified atom stereocenters. The number of hydrogen-bond acceptors (Lipinski definition) is 1. The Kier molecular flexibility index (Phi) is 7.97. The number of allylic oxidation sites excluding steroid dienone is 4. The molecule has 2 fully saturated rings. The zero-order valence-corrected chi connectivity index (χ0v) is 21.7. The number of carbonyl (C=O) groups excluding carboxylic acids is 1. The molecule has 1 nitrogen and oxygen atoms in total. The summed E-state index contributed by atoms with van der Waals surface area (Å²) in [5, 5.41) is 0. The Morgan fingerprint density at radius 2 is 1.81 bits per heavy atom. The third kappa shape index (κ3) is 4.49. The number of rotatable bonds is 9. The Morgan fingerprint density at radius 1 is 1.06 bits per heavy atom. The van der Waals surface area contributed by atoms with Crippen LogP contribution < -0.4 is 0 Å². The van der Waals surface area contributed by atoms with E-state index in [-0.39, 0.29) is 5.41 Å². The first-order valence-corrected chi connectivity index (χ1v) is 13.6. The lowest BCUT2D eigenvalue weighted by Crippen LogP contribution is -2.50. The minimum Gasteiger partial charge on any atom is -0.299 e. The van der Waals surface area contributed by atoms with E-state index in [1.165, 1.54) is 63.4 Å². The van der Waals surface area contributed by atoms with Crippen molar-refractivity contribution in [3.05, 3.63) is 23.3 Å². The van der Waals surface area contributed by atoms with Crippen molar-refractivity contribution in [2.24, 2.45) is 46.3 Å². The van der Waals surface area contributed by atoms with Gasteiger partial charge in [0.15, 0.2) is 0 Å². The third-order valence-electron chi connectivity index (χ3n) is 10.1. The first-order chi connectivity index (χ1) is 14.7. The van der Waals surface area contributed by atoms with Gasteiger partial charge in [0.05, 0.1) is 0 Å². The summed E-state index contributed by atoms with van der Waals surface area (Å²) in [5.41, 5.74) is 3.64. The van der Waals surface area contributed by atoms with Crippen molar-refractivity contribution >= 4 is 6.29 Å². The summed E-state index contributed by atoms with van der Waals surface area (Å²) in [6.07, 6.45) is 18.7. The highest BCUT2D eigenvalue weighted by Crippen LogP contribution is 2.67. The SMILES string of the molecule is CCCC1(C)/C(=C\C=O)C=C(CC)C2C1CCC1(C)C(C(C)CCCC(C)C)CCC21. The molecule has 0 bridgehead atoms. The molecule has 3 rings (SSSR count). The molecule has 0 saturated heterocycles. The standard InChI is InChI=1S/C30H50O/c1-8-17-29(6)24(16-19-31)20-23(9-2)28-26-14-13-25(22(5)12-10-11-21(3)4)30(26,7)18-15-27(28)29/h16,19-22,25-28H,8-15,17-18H2,1-7H3/b24-16-. The molecule has 7 atom stereocenters. The van der Waals surface area contributed by atoms with Crippen LogP contribution >= 0.6 is 0 Å². The Hall–Kier alpha value is -0.850. The van der Waals surface area contributed by atoms with Crippen LogP contribution in [-0.2, 0) is 4.79 Å². The second kappa shape index (κ2) is 9.96. The van der Waals surface area contributed by atoms with Crippen LogP contribution in [0.5, 0.6) is 0 Å². The molecular formula is C30H50O. The van der Waals surface area contributed by atoms with E-state index in [1.807, 2.05) is 6.08 Å². The molecule has 3 aliphatic rings. The van der Waals surface area contributed by atoms with E-state index in [0.29, 0.717) is 11.3 Å². The predicted molar refractivity (Wildman–Crippen MR) is 134 cm³/mol. The van der Waals surface area contributed by atoms with E-state index in [2.05, 4.69) is 54.5 Å². The van der Waals surface area contributed by atoms with Crippen LogP contribution in [0, 0.1) is 46.3 Å². The normalized spacial score (nSPS) is 39.9. The maximum Gasteiger partial charge on any atom is 0.143 e. The van der Waals surface area contributed by atoms with Gasteiger partial charge in [-0.1, -0.05) is 85.8 Å². The van der Waals surface area contributed by atoms with Gasteiger partial charge in [0, 0.05) is 0 Å². The molecule has 2 saturated carbocycles. The summed E-state index contributed by atoms with van der Waals surface area (Å²) < 4.78 is 0. The van der Waals surface area contributed by atoms with E-state index < -0.39 is 0 Å². The first kappa shape index (κ1) is 24.8. The molecule has 0 aromatic rings. The predicted octanol–water partition coefficient (Wildman–Crippen LogP) is 8.79. The Labute approximate surface area is 193 Å². The van der Waals surface area contributed by atoms with Gasteiger partial charge < -0.3 is 0 Å². The molecule has 0 amide bonds. The van der Waals surface area contributed by atoms with Crippen molar-refractivity contribution in [2.75, 3.05) is 0 Å². The average Bonchev–Trinajstić information content (AvgIpc) is 3.07. The fraction of sp³-hybridized carbons (Fsp3) is 0.833. The van der Waals surface area contributed by atoms with Gasteiger partial charge in [-0.2, -0.15) is 0 Å². The van der Waals surface area contributed by atoms with Crippen LogP contribution in [-0.4, -0.2) is 6.29 Å². The summed E-state index contributed by atoms with van der Waals surface area (Å²) >= 11 is 0. The molecule has 0 heterocycles. The third-order valence-corrected chi connectivity index (χ3v) is 10.1. The lowest BCUT2D eigenvalue weighted by atomic mass is 9.47. The van der Waals surface area contributed by atoms with Crippen molar-refractivity contribution in [1.82, 2.24) is 0 Å². The molecule has 31 heavy (non-hydrogen) atoms. The second-order valence-corrected chi connectivity index (χ2v) is 12.3. The molecule has 176 valence electrons. The molecule has 3 aliphatic carbocycles. The minimum absolute atomic E-state index is 0.168. The molecule has 1 heteroatoms. The highest BCUT2D eigenvalue weighted by atomic mass is 16.1. The van der Waals surface area contributed by atoms with Gasteiger partial charge in [0.1, 0.15) is 6.29 Å². The zero-order chi connectivity index (χ0) is 22.8. The van der Waals surface area contributed by atoms with Gasteiger partial charge in [-0.3, -0.25) is 4.79 Å². The smallest absolute Gasteiger partial charge is 0.143 e. The van der Waals surface area contributed by atoms with E-state index in [0.717, 1.165) is 42.3 Å². The summed E-state index contributed by atoms with van der Waals surface area (Å²) in [7, 11) is 0. The molecule has 0 aliphatic heterocycles. The maximum absolute atomic E-state index is 11.5. The molecule has 0 N–H and O–H groups in total. The zero-order valence-electron chi connectivity index (χ0n) is 21.7. The van der Waals surface area contributed by atoms with Crippen LogP contribution in [0.4, 0.5) is 0 Å². The Bertz CT molecular complexity index is 685. The Balaban J connectivity index is 1.90. The van der Waals surface area contributed by atoms with Crippen molar-refractivity contribution in [1.29, 1.82) is 0 Å². The molecule has 0 aromatic heterocycles. The Morgan fingerprint density at radius 3 is 2.42 bits per heavy atom. The van der Waals surface area contributed by atoms with Crippen molar-refractivity contribution in [3.8, 4) is 0 Å². The first-order valence-electron chi connectivity index (χ1n) is 13.6. The van der Waals surface area contributed by atoms with Crippen LogP contribution in [0.1, 0.15) is 113 Å². The molecule has 0 spiro atoms. The van der Waals surface area contributed by atoms with E-state index >= 15 is 0 Å². The van der Waals surface area contributed by atoms with Gasteiger partial charge in [-0.15, -0.1) is 0 Å². The minimum atomic E-state index is 0.168. The number of carbonyl (C=O) groups is 1. The summed E-state index contributed by atoms with van der Waals surface area (Å²) in [5.74, 6) is 4.87. The summed E-state index contributed by atoms with van der Waals surface area (Å²) in [6.45, 7) is 17.1. The topological polar surface area (TPSA) is 17.1 Å². The quantitative estimate of drug-likeness (QED) is 0.266. The average molecular weight is 427 g/mol. The maximum atomic E-state index is 11.5. The van der Waals surface area contributed by atoms with E-state index in [9.17, 15) is 4.79 Å². The van der Waals surface area contributed by atoms with Crippen molar-refractivity contribution in [3.63, 3.8) is 0 Å². The van der Waals surface area contributed by atoms with Crippen molar-refractivity contribution in [2.45, 2.75) is 113 Å². The highest BCUT2D eigenvalue weighted by molar-refractivity contribution is 5.68. The van der Waals surface area contributed by atoms with Crippen LogP contribution in [0.25, 0.3) is 0 Å². The fourth-order valence-electron chi connectivity index (χ4n) is 8.57. The van der Waals surface area contributed by atoms with Crippen molar-refractivity contribution < 1.29 is 4.79 Å². The highest BCUT2D eigenvalue weighted by Gasteiger charge is 2.59. The second-order valence-electron chi connectivity index (χ2n) is 12.3. The summed E-state index contributed by atoms with van der Waals surface area (Å²) in [4.78, 5) is 11.5. The fourth-order valence-corrected chi connectivity index (χ4v) is 8.57. The van der Waals surface area contributed by atoms with Gasteiger partial charge >= 0.3 is 0 Å². The molecule has 0 aromatic carbocycles. The number of fused-ring (bicyclic) bond motifs is 3. The molecule has 0 radical (unpaired) electrons. The summed E-state index contributed by atoms with van der Waals surface area (Å²) in [6, 6.07) is 0. The van der Waals surface area contributed by atoms with E-state index in [1.54, 1.807) is 5.57 Å².